The number of hydrogen-bond acceptors (Lipinski definition) is 5. The molecule has 5 heteroatoms. The second kappa shape index (κ2) is 10.1. The van der Waals surface area contributed by atoms with E-state index in [9.17, 15) is 20.1 Å². The summed E-state index contributed by atoms with van der Waals surface area (Å²) in [7, 11) is 0. The highest BCUT2D eigenvalue weighted by Gasteiger charge is 2.65. The summed E-state index contributed by atoms with van der Waals surface area (Å²) in [6.45, 7) is 13.3. The van der Waals surface area contributed by atoms with Crippen molar-refractivity contribution in [2.75, 3.05) is 6.61 Å². The minimum Gasteiger partial charge on any atom is -0.465 e. The lowest BCUT2D eigenvalue weighted by Gasteiger charge is -2.61. The first-order valence-corrected chi connectivity index (χ1v) is 14.3. The molecule has 5 nitrogen and oxygen atoms in total. The number of aliphatic hydroxyl groups is 3. The van der Waals surface area contributed by atoms with E-state index in [1.165, 1.54) is 19.8 Å². The third-order valence-electron chi connectivity index (χ3n) is 11.4. The molecule has 0 heterocycles. The Hall–Kier alpha value is -0.910. The van der Waals surface area contributed by atoms with Gasteiger partial charge in [0.05, 0.1) is 24.9 Å². The van der Waals surface area contributed by atoms with Crippen molar-refractivity contribution in [2.24, 2.45) is 52.3 Å². The summed E-state index contributed by atoms with van der Waals surface area (Å²) < 4.78 is 5.78. The Morgan fingerprint density at radius 2 is 1.86 bits per heavy atom. The van der Waals surface area contributed by atoms with Gasteiger partial charge in [-0.15, -0.1) is 0 Å². The quantitative estimate of drug-likeness (QED) is 0.341. The second-order valence-electron chi connectivity index (χ2n) is 13.4. The van der Waals surface area contributed by atoms with Gasteiger partial charge in [-0.05, 0) is 73.5 Å². The molecule has 0 aromatic heterocycles. The first kappa shape index (κ1) is 27.1. The van der Waals surface area contributed by atoms with Crippen LogP contribution in [0.3, 0.4) is 0 Å². The lowest BCUT2D eigenvalue weighted by molar-refractivity contribution is -0.182. The fraction of sp³-hybridized carbons (Fsp3) is 0.900. The van der Waals surface area contributed by atoms with E-state index in [2.05, 4.69) is 40.7 Å². The van der Waals surface area contributed by atoms with Crippen LogP contribution in [-0.4, -0.2) is 46.2 Å². The normalized spacial score (nSPS) is 44.6. The summed E-state index contributed by atoms with van der Waals surface area (Å²) in [6, 6.07) is 0. The fourth-order valence-corrected chi connectivity index (χ4v) is 9.07. The molecule has 200 valence electrons. The fourth-order valence-electron chi connectivity index (χ4n) is 9.07. The van der Waals surface area contributed by atoms with Crippen molar-refractivity contribution in [2.45, 2.75) is 111 Å². The molecule has 4 aliphatic rings. The summed E-state index contributed by atoms with van der Waals surface area (Å²) in [5, 5.41) is 33.3. The summed E-state index contributed by atoms with van der Waals surface area (Å²) in [5.74, 6) is 2.69. The summed E-state index contributed by atoms with van der Waals surface area (Å²) in [4.78, 5) is 12.0. The molecule has 0 aliphatic heterocycles. The van der Waals surface area contributed by atoms with E-state index in [0.29, 0.717) is 55.5 Å². The van der Waals surface area contributed by atoms with Gasteiger partial charge in [0.25, 0.3) is 0 Å². The molecule has 0 saturated heterocycles. The van der Waals surface area contributed by atoms with Crippen LogP contribution in [0.5, 0.6) is 0 Å². The molecule has 3 fully saturated rings. The topological polar surface area (TPSA) is 87.0 Å². The number of aliphatic hydroxyl groups excluding tert-OH is 3. The zero-order chi connectivity index (χ0) is 25.7. The number of ether oxygens (including phenoxy) is 1. The van der Waals surface area contributed by atoms with Crippen LogP contribution in [-0.2, 0) is 9.53 Å². The first-order chi connectivity index (χ1) is 16.4. The van der Waals surface area contributed by atoms with Gasteiger partial charge >= 0.3 is 5.97 Å². The van der Waals surface area contributed by atoms with E-state index in [1.54, 1.807) is 0 Å². The van der Waals surface area contributed by atoms with Gasteiger partial charge in [-0.25, -0.2) is 0 Å². The highest BCUT2D eigenvalue weighted by molar-refractivity contribution is 5.66. The summed E-state index contributed by atoms with van der Waals surface area (Å²) >= 11 is 0. The predicted molar refractivity (Wildman–Crippen MR) is 137 cm³/mol. The van der Waals surface area contributed by atoms with E-state index in [4.69, 9.17) is 4.74 Å². The van der Waals surface area contributed by atoms with Gasteiger partial charge in [0.2, 0.25) is 0 Å². The minimum atomic E-state index is -0.644. The van der Waals surface area contributed by atoms with Gasteiger partial charge in [-0.2, -0.15) is 0 Å². The Morgan fingerprint density at radius 3 is 2.51 bits per heavy atom. The van der Waals surface area contributed by atoms with E-state index >= 15 is 0 Å². The van der Waals surface area contributed by atoms with Crippen LogP contribution in [0, 0.1) is 52.3 Å². The zero-order valence-electron chi connectivity index (χ0n) is 22.9. The summed E-state index contributed by atoms with van der Waals surface area (Å²) in [6.07, 6.45) is 7.65. The highest BCUT2D eigenvalue weighted by atomic mass is 16.5. The largest absolute Gasteiger partial charge is 0.465 e. The third kappa shape index (κ3) is 4.63. The minimum absolute atomic E-state index is 0.0181. The Balaban J connectivity index is 1.65. The molecule has 3 N–H and O–H groups in total. The standard InChI is InChI=1S/C30H50O5/c1-17(2)18(3)7-8-19(4)24-11-12-25-23-10-9-21-13-22(32)14-27(34)29(21,6)28(23)26(33)15-30(24,25)16-35-20(5)31/h9,17-19,22-28,32-34H,7-8,10-16H2,1-6H3. The highest BCUT2D eigenvalue weighted by Crippen LogP contribution is 2.67. The number of rotatable bonds is 7. The van der Waals surface area contributed by atoms with Gasteiger partial charge in [0, 0.05) is 24.2 Å². The van der Waals surface area contributed by atoms with Crippen LogP contribution in [0.2, 0.25) is 0 Å². The van der Waals surface area contributed by atoms with Crippen LogP contribution in [0.1, 0.15) is 92.9 Å². The Morgan fingerprint density at radius 1 is 1.14 bits per heavy atom. The number of hydrogen-bond donors (Lipinski definition) is 3. The Labute approximate surface area is 212 Å². The van der Waals surface area contributed by atoms with Crippen molar-refractivity contribution in [1.82, 2.24) is 0 Å². The average Bonchev–Trinajstić information content (AvgIpc) is 3.16. The molecule has 0 aromatic carbocycles. The van der Waals surface area contributed by atoms with Gasteiger partial charge in [-0.1, -0.05) is 59.1 Å². The molecule has 35 heavy (non-hydrogen) atoms. The molecular formula is C30H50O5. The van der Waals surface area contributed by atoms with Gasteiger partial charge in [0.15, 0.2) is 0 Å². The van der Waals surface area contributed by atoms with E-state index < -0.39 is 23.7 Å². The van der Waals surface area contributed by atoms with E-state index in [1.807, 2.05) is 0 Å². The van der Waals surface area contributed by atoms with Crippen LogP contribution in [0.15, 0.2) is 11.6 Å². The van der Waals surface area contributed by atoms with Crippen molar-refractivity contribution in [1.29, 1.82) is 0 Å². The lowest BCUT2D eigenvalue weighted by atomic mass is 9.45. The maximum absolute atomic E-state index is 12.0. The zero-order valence-corrected chi connectivity index (χ0v) is 22.9. The van der Waals surface area contributed by atoms with Gasteiger partial charge in [0.1, 0.15) is 0 Å². The van der Waals surface area contributed by atoms with Crippen LogP contribution >= 0.6 is 0 Å². The number of carbonyl (C=O) groups excluding carboxylic acids is 1. The van der Waals surface area contributed by atoms with Crippen molar-refractivity contribution in [3.05, 3.63) is 11.6 Å². The lowest BCUT2D eigenvalue weighted by Crippen LogP contribution is -2.61. The first-order valence-electron chi connectivity index (χ1n) is 14.3. The average molecular weight is 491 g/mol. The molecule has 4 aliphatic carbocycles. The predicted octanol–water partition coefficient (Wildman–Crippen LogP) is 5.12. The molecule has 3 saturated carbocycles. The van der Waals surface area contributed by atoms with E-state index in [-0.39, 0.29) is 23.2 Å². The van der Waals surface area contributed by atoms with Crippen LogP contribution in [0.25, 0.3) is 0 Å². The molecule has 0 aromatic rings. The monoisotopic (exact) mass is 490 g/mol. The molecule has 4 rings (SSSR count). The molecule has 0 bridgehead atoms. The smallest absolute Gasteiger partial charge is 0.302 e. The molecule has 0 amide bonds. The van der Waals surface area contributed by atoms with Crippen molar-refractivity contribution >= 4 is 5.97 Å². The molecule has 0 radical (unpaired) electrons. The molecular weight excluding hydrogens is 440 g/mol. The molecule has 11 atom stereocenters. The SMILES string of the molecule is CC(=O)OCC12CC(O)C3C(CC=C4CC(O)CC(O)C43C)C1CCC2C(C)CCC(C)C(C)C. The Kier molecular flexibility index (Phi) is 7.83. The number of carbonyl (C=O) groups is 1. The van der Waals surface area contributed by atoms with Crippen molar-refractivity contribution < 1.29 is 24.9 Å². The summed E-state index contributed by atoms with van der Waals surface area (Å²) in [5.41, 5.74) is 0.432. The second-order valence-corrected chi connectivity index (χ2v) is 13.4. The van der Waals surface area contributed by atoms with Crippen LogP contribution < -0.4 is 0 Å². The third-order valence-corrected chi connectivity index (χ3v) is 11.4. The molecule has 11 unspecified atom stereocenters. The van der Waals surface area contributed by atoms with Crippen LogP contribution in [0.4, 0.5) is 0 Å². The van der Waals surface area contributed by atoms with Gasteiger partial charge in [-0.3, -0.25) is 4.79 Å². The number of esters is 1. The van der Waals surface area contributed by atoms with Crippen molar-refractivity contribution in [3.8, 4) is 0 Å². The maximum Gasteiger partial charge on any atom is 0.302 e. The maximum atomic E-state index is 12.0. The Bertz CT molecular complexity index is 807. The molecule has 0 spiro atoms. The van der Waals surface area contributed by atoms with Crippen molar-refractivity contribution in [3.63, 3.8) is 0 Å². The number of allylic oxidation sites excluding steroid dienone is 1. The van der Waals surface area contributed by atoms with Gasteiger partial charge < -0.3 is 20.1 Å². The van der Waals surface area contributed by atoms with E-state index in [0.717, 1.165) is 24.8 Å². The number of fused-ring (bicyclic) bond motifs is 5.